The molecule has 96 valence electrons. The van der Waals surface area contributed by atoms with Gasteiger partial charge >= 0.3 is 0 Å². The van der Waals surface area contributed by atoms with Crippen molar-refractivity contribution in [3.63, 3.8) is 0 Å². The first-order valence-corrected chi connectivity index (χ1v) is 6.27. The fourth-order valence-electron chi connectivity index (χ4n) is 2.05. The smallest absolute Gasteiger partial charge is 0.134 e. The van der Waals surface area contributed by atoms with E-state index in [1.54, 1.807) is 6.20 Å². The zero-order valence-electron chi connectivity index (χ0n) is 10.9. The molecule has 2 heterocycles. The SMILES string of the molecule is Cc1nccc(N[C@H](C)c2cc3ccccc3o2)n1. The maximum absolute atomic E-state index is 5.83. The fourth-order valence-corrected chi connectivity index (χ4v) is 2.05. The molecule has 19 heavy (non-hydrogen) atoms. The second-order valence-electron chi connectivity index (χ2n) is 4.54. The molecule has 1 atom stereocenters. The maximum Gasteiger partial charge on any atom is 0.134 e. The summed E-state index contributed by atoms with van der Waals surface area (Å²) in [6.45, 7) is 3.92. The van der Waals surface area contributed by atoms with E-state index in [4.69, 9.17) is 4.42 Å². The number of fused-ring (bicyclic) bond motifs is 1. The molecule has 0 aliphatic heterocycles. The molecule has 0 radical (unpaired) electrons. The average Bonchev–Trinajstić information content (AvgIpc) is 2.82. The van der Waals surface area contributed by atoms with Gasteiger partial charge in [0.15, 0.2) is 0 Å². The molecule has 3 aromatic rings. The number of nitrogens with one attached hydrogen (secondary N) is 1. The number of benzene rings is 1. The molecule has 0 saturated heterocycles. The van der Waals surface area contributed by atoms with Crippen LogP contribution < -0.4 is 5.32 Å². The molecule has 0 aliphatic carbocycles. The molecule has 4 heteroatoms. The van der Waals surface area contributed by atoms with E-state index in [-0.39, 0.29) is 6.04 Å². The molecule has 0 aliphatic rings. The summed E-state index contributed by atoms with van der Waals surface area (Å²) in [5, 5.41) is 4.43. The fraction of sp³-hybridized carbons (Fsp3) is 0.200. The van der Waals surface area contributed by atoms with E-state index >= 15 is 0 Å². The number of hydrogen-bond acceptors (Lipinski definition) is 4. The lowest BCUT2D eigenvalue weighted by Gasteiger charge is -2.11. The number of anilines is 1. The Morgan fingerprint density at radius 1 is 1.21 bits per heavy atom. The summed E-state index contributed by atoms with van der Waals surface area (Å²) in [6.07, 6.45) is 1.75. The molecule has 0 spiro atoms. The summed E-state index contributed by atoms with van der Waals surface area (Å²) in [5.41, 5.74) is 0.907. The van der Waals surface area contributed by atoms with Crippen molar-refractivity contribution in [2.75, 3.05) is 5.32 Å². The molecule has 1 N–H and O–H groups in total. The highest BCUT2D eigenvalue weighted by Crippen LogP contribution is 2.25. The van der Waals surface area contributed by atoms with Crippen LogP contribution in [0.1, 0.15) is 24.6 Å². The van der Waals surface area contributed by atoms with Gasteiger partial charge in [0.05, 0.1) is 6.04 Å². The summed E-state index contributed by atoms with van der Waals surface area (Å²) in [5.74, 6) is 2.46. The van der Waals surface area contributed by atoms with Gasteiger partial charge in [0.25, 0.3) is 0 Å². The summed E-state index contributed by atoms with van der Waals surface area (Å²) in [6, 6.07) is 12.0. The molecule has 1 aromatic carbocycles. The Morgan fingerprint density at radius 2 is 2.05 bits per heavy atom. The van der Waals surface area contributed by atoms with Crippen molar-refractivity contribution < 1.29 is 4.42 Å². The quantitative estimate of drug-likeness (QED) is 0.773. The van der Waals surface area contributed by atoms with Gasteiger partial charge in [-0.15, -0.1) is 0 Å². The van der Waals surface area contributed by atoms with Crippen molar-refractivity contribution in [2.24, 2.45) is 0 Å². The third kappa shape index (κ3) is 2.42. The van der Waals surface area contributed by atoms with Crippen molar-refractivity contribution in [2.45, 2.75) is 19.9 Å². The van der Waals surface area contributed by atoms with Crippen LogP contribution in [0.4, 0.5) is 5.82 Å². The number of hydrogen-bond donors (Lipinski definition) is 1. The summed E-state index contributed by atoms with van der Waals surface area (Å²) < 4.78 is 5.83. The largest absolute Gasteiger partial charge is 0.459 e. The van der Waals surface area contributed by atoms with Crippen LogP contribution in [-0.4, -0.2) is 9.97 Å². The van der Waals surface area contributed by atoms with Crippen molar-refractivity contribution in [1.82, 2.24) is 9.97 Å². The van der Waals surface area contributed by atoms with Crippen molar-refractivity contribution in [3.05, 3.63) is 54.2 Å². The second-order valence-corrected chi connectivity index (χ2v) is 4.54. The second kappa shape index (κ2) is 4.72. The van der Waals surface area contributed by atoms with E-state index in [2.05, 4.69) is 28.3 Å². The summed E-state index contributed by atoms with van der Waals surface area (Å²) in [4.78, 5) is 8.41. The lowest BCUT2D eigenvalue weighted by Crippen LogP contribution is -2.07. The molecule has 3 rings (SSSR count). The highest BCUT2D eigenvalue weighted by atomic mass is 16.3. The molecule has 4 nitrogen and oxygen atoms in total. The van der Waals surface area contributed by atoms with Crippen LogP contribution >= 0.6 is 0 Å². The van der Waals surface area contributed by atoms with Gasteiger partial charge in [-0.3, -0.25) is 0 Å². The monoisotopic (exact) mass is 253 g/mol. The highest BCUT2D eigenvalue weighted by molar-refractivity contribution is 5.77. The first kappa shape index (κ1) is 11.7. The van der Waals surface area contributed by atoms with Crippen LogP contribution in [0, 0.1) is 6.92 Å². The third-order valence-electron chi connectivity index (χ3n) is 3.01. The van der Waals surface area contributed by atoms with Crippen molar-refractivity contribution >= 4 is 16.8 Å². The molecule has 0 saturated carbocycles. The van der Waals surface area contributed by atoms with Crippen LogP contribution in [0.5, 0.6) is 0 Å². The first-order valence-electron chi connectivity index (χ1n) is 6.27. The van der Waals surface area contributed by atoms with Crippen LogP contribution in [0.15, 0.2) is 47.0 Å². The van der Waals surface area contributed by atoms with E-state index in [1.165, 1.54) is 0 Å². The Balaban J connectivity index is 1.85. The van der Waals surface area contributed by atoms with Gasteiger partial charge in [0, 0.05) is 11.6 Å². The van der Waals surface area contributed by atoms with Gasteiger partial charge in [0.2, 0.25) is 0 Å². The summed E-state index contributed by atoms with van der Waals surface area (Å²) >= 11 is 0. The minimum atomic E-state index is 0.0571. The van der Waals surface area contributed by atoms with E-state index in [0.717, 1.165) is 28.4 Å². The lowest BCUT2D eigenvalue weighted by molar-refractivity contribution is 0.525. The van der Waals surface area contributed by atoms with E-state index < -0.39 is 0 Å². The number of aromatic nitrogens is 2. The average molecular weight is 253 g/mol. The van der Waals surface area contributed by atoms with Gasteiger partial charge in [-0.1, -0.05) is 18.2 Å². The van der Waals surface area contributed by atoms with E-state index in [1.807, 2.05) is 37.3 Å². The zero-order chi connectivity index (χ0) is 13.2. The van der Waals surface area contributed by atoms with Crippen molar-refractivity contribution in [3.8, 4) is 0 Å². The van der Waals surface area contributed by atoms with Crippen LogP contribution in [0.3, 0.4) is 0 Å². The Kier molecular flexibility index (Phi) is 2.91. The number of furan rings is 1. The van der Waals surface area contributed by atoms with E-state index in [0.29, 0.717) is 0 Å². The molecule has 0 fully saturated rings. The van der Waals surface area contributed by atoms with Gasteiger partial charge in [0.1, 0.15) is 23.0 Å². The molecule has 0 bridgehead atoms. The predicted octanol–water partition coefficient (Wildman–Crippen LogP) is 3.70. The minimum absolute atomic E-state index is 0.0571. The summed E-state index contributed by atoms with van der Waals surface area (Å²) in [7, 11) is 0. The lowest BCUT2D eigenvalue weighted by atomic mass is 10.2. The minimum Gasteiger partial charge on any atom is -0.459 e. The number of aryl methyl sites for hydroxylation is 1. The third-order valence-corrected chi connectivity index (χ3v) is 3.01. The number of nitrogens with zero attached hydrogens (tertiary/aromatic N) is 2. The van der Waals surface area contributed by atoms with E-state index in [9.17, 15) is 0 Å². The van der Waals surface area contributed by atoms with Gasteiger partial charge in [-0.2, -0.15) is 0 Å². The van der Waals surface area contributed by atoms with Gasteiger partial charge in [-0.25, -0.2) is 9.97 Å². The van der Waals surface area contributed by atoms with Gasteiger partial charge < -0.3 is 9.73 Å². The topological polar surface area (TPSA) is 51.0 Å². The number of para-hydroxylation sites is 1. The Morgan fingerprint density at radius 3 is 2.84 bits per heavy atom. The molecular weight excluding hydrogens is 238 g/mol. The first-order chi connectivity index (χ1) is 9.22. The molecule has 0 amide bonds. The van der Waals surface area contributed by atoms with Crippen LogP contribution in [0.25, 0.3) is 11.0 Å². The molecular formula is C15H15N3O. The normalized spacial score (nSPS) is 12.5. The molecule has 0 unspecified atom stereocenters. The maximum atomic E-state index is 5.83. The van der Waals surface area contributed by atoms with Gasteiger partial charge in [-0.05, 0) is 32.0 Å². The highest BCUT2D eigenvalue weighted by Gasteiger charge is 2.11. The Labute approximate surface area is 111 Å². The molecule has 2 aromatic heterocycles. The van der Waals surface area contributed by atoms with Crippen LogP contribution in [-0.2, 0) is 0 Å². The number of rotatable bonds is 3. The van der Waals surface area contributed by atoms with Crippen molar-refractivity contribution in [1.29, 1.82) is 0 Å². The van der Waals surface area contributed by atoms with Crippen LogP contribution in [0.2, 0.25) is 0 Å². The Hall–Kier alpha value is -2.36. The predicted molar refractivity (Wildman–Crippen MR) is 75.0 cm³/mol. The standard InChI is InChI=1S/C15H15N3O/c1-10(17-15-7-8-16-11(2)18-15)14-9-12-5-3-4-6-13(12)19-14/h3-10H,1-2H3,(H,16,17,18)/t10-/m1/s1. The zero-order valence-corrected chi connectivity index (χ0v) is 10.9. The Bertz CT molecular complexity index is 672.